The van der Waals surface area contributed by atoms with Crippen LogP contribution in [0.4, 0.5) is 4.39 Å². The first-order valence-electron chi connectivity index (χ1n) is 4.74. The fraction of sp³-hybridized carbons (Fsp3) is 0.364. The van der Waals surface area contributed by atoms with Crippen LogP contribution in [-0.2, 0) is 11.2 Å². The SMILES string of the molecule is O=C(CBr)C1CCc2cc(F)ccc2O1. The monoisotopic (exact) mass is 272 g/mol. The summed E-state index contributed by atoms with van der Waals surface area (Å²) >= 11 is 3.11. The van der Waals surface area contributed by atoms with E-state index in [0.29, 0.717) is 23.9 Å². The lowest BCUT2D eigenvalue weighted by atomic mass is 10.0. The number of hydrogen-bond acceptors (Lipinski definition) is 2. The molecule has 1 aromatic carbocycles. The first kappa shape index (κ1) is 10.6. The molecule has 1 atom stereocenters. The number of fused-ring (bicyclic) bond motifs is 1. The molecule has 1 aliphatic heterocycles. The number of benzene rings is 1. The highest BCUT2D eigenvalue weighted by Gasteiger charge is 2.25. The van der Waals surface area contributed by atoms with E-state index in [1.54, 1.807) is 6.07 Å². The molecular weight excluding hydrogens is 263 g/mol. The average Bonchev–Trinajstić information content (AvgIpc) is 2.27. The van der Waals surface area contributed by atoms with Crippen LogP contribution < -0.4 is 4.74 Å². The number of carbonyl (C=O) groups is 1. The summed E-state index contributed by atoms with van der Waals surface area (Å²) in [6, 6.07) is 4.39. The molecule has 2 nitrogen and oxygen atoms in total. The van der Waals surface area contributed by atoms with Crippen molar-refractivity contribution in [2.24, 2.45) is 0 Å². The summed E-state index contributed by atoms with van der Waals surface area (Å²) in [7, 11) is 0. The molecule has 80 valence electrons. The van der Waals surface area contributed by atoms with Crippen LogP contribution in [0.5, 0.6) is 5.75 Å². The van der Waals surface area contributed by atoms with Crippen molar-refractivity contribution in [3.8, 4) is 5.75 Å². The van der Waals surface area contributed by atoms with Gasteiger partial charge in [-0.3, -0.25) is 4.79 Å². The van der Waals surface area contributed by atoms with Crippen molar-refractivity contribution in [2.75, 3.05) is 5.33 Å². The normalized spacial score (nSPS) is 19.2. The Kier molecular flexibility index (Phi) is 3.05. The Balaban J connectivity index is 2.20. The van der Waals surface area contributed by atoms with Gasteiger partial charge in [-0.2, -0.15) is 0 Å². The molecule has 0 radical (unpaired) electrons. The largest absolute Gasteiger partial charge is 0.482 e. The van der Waals surface area contributed by atoms with E-state index in [9.17, 15) is 9.18 Å². The molecule has 1 aromatic rings. The minimum absolute atomic E-state index is 0.0324. The van der Waals surface area contributed by atoms with Crippen LogP contribution in [0, 0.1) is 5.82 Å². The highest BCUT2D eigenvalue weighted by Crippen LogP contribution is 2.28. The quantitative estimate of drug-likeness (QED) is 0.774. The predicted molar refractivity (Wildman–Crippen MR) is 57.9 cm³/mol. The van der Waals surface area contributed by atoms with Gasteiger partial charge in [0.25, 0.3) is 0 Å². The Labute approximate surface area is 95.6 Å². The molecule has 0 aliphatic carbocycles. The molecule has 2 rings (SSSR count). The van der Waals surface area contributed by atoms with Gasteiger partial charge in [-0.1, -0.05) is 15.9 Å². The molecule has 0 saturated heterocycles. The van der Waals surface area contributed by atoms with E-state index in [0.717, 1.165) is 5.56 Å². The molecule has 4 heteroatoms. The number of Topliss-reactive ketones (excluding diaryl/α,β-unsaturated/α-hetero) is 1. The van der Waals surface area contributed by atoms with Crippen LogP contribution in [0.3, 0.4) is 0 Å². The van der Waals surface area contributed by atoms with Gasteiger partial charge in [0, 0.05) is 0 Å². The zero-order valence-electron chi connectivity index (χ0n) is 8.00. The van der Waals surface area contributed by atoms with Gasteiger partial charge in [0.15, 0.2) is 11.9 Å². The Morgan fingerprint density at radius 2 is 2.40 bits per heavy atom. The van der Waals surface area contributed by atoms with E-state index in [-0.39, 0.29) is 17.7 Å². The van der Waals surface area contributed by atoms with E-state index in [4.69, 9.17) is 4.74 Å². The smallest absolute Gasteiger partial charge is 0.183 e. The number of hydrogen-bond donors (Lipinski definition) is 0. The number of ether oxygens (including phenoxy) is 1. The molecule has 1 unspecified atom stereocenters. The van der Waals surface area contributed by atoms with Crippen LogP contribution in [-0.4, -0.2) is 17.2 Å². The molecule has 0 fully saturated rings. The topological polar surface area (TPSA) is 26.3 Å². The van der Waals surface area contributed by atoms with Crippen LogP contribution >= 0.6 is 15.9 Å². The summed E-state index contributed by atoms with van der Waals surface area (Å²) in [6.45, 7) is 0. The second kappa shape index (κ2) is 4.31. The molecule has 1 heterocycles. The van der Waals surface area contributed by atoms with Crippen LogP contribution in [0.25, 0.3) is 0 Å². The zero-order valence-corrected chi connectivity index (χ0v) is 9.59. The van der Waals surface area contributed by atoms with Crippen molar-refractivity contribution in [1.82, 2.24) is 0 Å². The van der Waals surface area contributed by atoms with E-state index in [1.807, 2.05) is 0 Å². The number of rotatable bonds is 2. The standard InChI is InChI=1S/C11H10BrFO2/c12-6-9(14)11-3-1-7-5-8(13)2-4-10(7)15-11/h2,4-5,11H,1,3,6H2. The van der Waals surface area contributed by atoms with Crippen molar-refractivity contribution in [1.29, 1.82) is 0 Å². The molecule has 0 N–H and O–H groups in total. The fourth-order valence-corrected chi connectivity index (χ4v) is 2.03. The predicted octanol–water partition coefficient (Wildman–Crippen LogP) is 2.48. The van der Waals surface area contributed by atoms with E-state index in [2.05, 4.69) is 15.9 Å². The van der Waals surface area contributed by atoms with E-state index in [1.165, 1.54) is 12.1 Å². The highest BCUT2D eigenvalue weighted by molar-refractivity contribution is 9.09. The Hall–Kier alpha value is -0.900. The first-order chi connectivity index (χ1) is 7.20. The molecule has 0 spiro atoms. The van der Waals surface area contributed by atoms with Crippen molar-refractivity contribution < 1.29 is 13.9 Å². The van der Waals surface area contributed by atoms with Crippen molar-refractivity contribution in [3.63, 3.8) is 0 Å². The molecule has 0 amide bonds. The highest BCUT2D eigenvalue weighted by atomic mass is 79.9. The molecule has 1 aliphatic rings. The molecule has 0 bridgehead atoms. The van der Waals surface area contributed by atoms with Crippen LogP contribution in [0.15, 0.2) is 18.2 Å². The number of alkyl halides is 1. The van der Waals surface area contributed by atoms with E-state index < -0.39 is 0 Å². The summed E-state index contributed by atoms with van der Waals surface area (Å²) in [5.41, 5.74) is 0.841. The van der Waals surface area contributed by atoms with Gasteiger partial charge in [-0.15, -0.1) is 0 Å². The zero-order chi connectivity index (χ0) is 10.8. The molecule has 15 heavy (non-hydrogen) atoms. The molecule has 0 saturated carbocycles. The second-order valence-electron chi connectivity index (χ2n) is 3.50. The summed E-state index contributed by atoms with van der Waals surface area (Å²) < 4.78 is 18.4. The summed E-state index contributed by atoms with van der Waals surface area (Å²) in [5, 5.41) is 0.300. The van der Waals surface area contributed by atoms with Gasteiger partial charge >= 0.3 is 0 Å². The minimum Gasteiger partial charge on any atom is -0.482 e. The number of ketones is 1. The maximum absolute atomic E-state index is 12.9. The van der Waals surface area contributed by atoms with Crippen LogP contribution in [0.1, 0.15) is 12.0 Å². The van der Waals surface area contributed by atoms with E-state index >= 15 is 0 Å². The average molecular weight is 273 g/mol. The van der Waals surface area contributed by atoms with Crippen molar-refractivity contribution >= 4 is 21.7 Å². The Morgan fingerprint density at radius 3 is 3.13 bits per heavy atom. The van der Waals surface area contributed by atoms with Gasteiger partial charge in [-0.05, 0) is 36.6 Å². The lowest BCUT2D eigenvalue weighted by Gasteiger charge is -2.24. The van der Waals surface area contributed by atoms with Crippen molar-refractivity contribution in [3.05, 3.63) is 29.6 Å². The second-order valence-corrected chi connectivity index (χ2v) is 4.06. The lowest BCUT2D eigenvalue weighted by Crippen LogP contribution is -2.32. The maximum atomic E-state index is 12.9. The lowest BCUT2D eigenvalue weighted by molar-refractivity contribution is -0.123. The first-order valence-corrected chi connectivity index (χ1v) is 5.86. The van der Waals surface area contributed by atoms with Crippen molar-refractivity contribution in [2.45, 2.75) is 18.9 Å². The maximum Gasteiger partial charge on any atom is 0.183 e. The summed E-state index contributed by atoms with van der Waals surface area (Å²) in [4.78, 5) is 11.4. The summed E-state index contributed by atoms with van der Waals surface area (Å²) in [6.07, 6.45) is 0.930. The van der Waals surface area contributed by atoms with Gasteiger partial charge in [0.2, 0.25) is 0 Å². The number of carbonyl (C=O) groups excluding carboxylic acids is 1. The van der Waals surface area contributed by atoms with Gasteiger partial charge < -0.3 is 4.74 Å². The molecular formula is C11H10BrFO2. The third-order valence-corrected chi connectivity index (χ3v) is 3.01. The summed E-state index contributed by atoms with van der Waals surface area (Å²) in [5.74, 6) is 0.398. The minimum atomic E-state index is -0.387. The fourth-order valence-electron chi connectivity index (χ4n) is 1.67. The number of aryl methyl sites for hydroxylation is 1. The third-order valence-electron chi connectivity index (χ3n) is 2.46. The van der Waals surface area contributed by atoms with Crippen LogP contribution in [0.2, 0.25) is 0 Å². The van der Waals surface area contributed by atoms with Gasteiger partial charge in [0.05, 0.1) is 5.33 Å². The Morgan fingerprint density at radius 1 is 1.60 bits per heavy atom. The van der Waals surface area contributed by atoms with Gasteiger partial charge in [0.1, 0.15) is 11.6 Å². The van der Waals surface area contributed by atoms with Gasteiger partial charge in [-0.25, -0.2) is 4.39 Å². The Bertz CT molecular complexity index is 392. The molecule has 0 aromatic heterocycles. The number of halogens is 2. The third kappa shape index (κ3) is 2.20.